The molecule has 2 saturated heterocycles. The zero-order valence-electron chi connectivity index (χ0n) is 17.1. The number of carbonyl (C=O) groups is 1. The van der Waals surface area contributed by atoms with Crippen molar-refractivity contribution in [2.24, 2.45) is 0 Å². The Balaban J connectivity index is 1.47. The van der Waals surface area contributed by atoms with Crippen LogP contribution in [-0.4, -0.2) is 52.9 Å². The molecule has 1 amide bonds. The number of aliphatic hydroxyl groups is 1. The van der Waals surface area contributed by atoms with Crippen LogP contribution in [0.1, 0.15) is 42.2 Å². The highest BCUT2D eigenvalue weighted by molar-refractivity contribution is 5.94. The second-order valence-corrected chi connectivity index (χ2v) is 8.45. The van der Waals surface area contributed by atoms with E-state index in [4.69, 9.17) is 4.74 Å². The van der Waals surface area contributed by atoms with E-state index in [0.29, 0.717) is 31.4 Å². The minimum absolute atomic E-state index is 0.158. The Morgan fingerprint density at radius 1 is 1.21 bits per heavy atom. The molecule has 1 aromatic heterocycles. The molecule has 2 N–H and O–H groups in total. The summed E-state index contributed by atoms with van der Waals surface area (Å²) in [7, 11) is 0. The van der Waals surface area contributed by atoms with Crippen molar-refractivity contribution in [2.45, 2.75) is 50.4 Å². The van der Waals surface area contributed by atoms with Crippen LogP contribution in [0.2, 0.25) is 0 Å². The van der Waals surface area contributed by atoms with E-state index in [9.17, 15) is 9.90 Å². The molecule has 0 radical (unpaired) electrons. The monoisotopic (exact) mass is 395 g/mol. The summed E-state index contributed by atoms with van der Waals surface area (Å²) in [5.74, 6) is -0.158. The van der Waals surface area contributed by atoms with Gasteiger partial charge in [-0.05, 0) is 57.4 Å². The molecule has 0 unspecified atom stereocenters. The van der Waals surface area contributed by atoms with Crippen molar-refractivity contribution in [3.8, 4) is 0 Å². The standard InChI is InChI=1S/C23H29N3O3/c1-17-16-19(8-12-24-17)26-13-9-23(10-14-26)21(28)22(2,11-15-29-23)25-20(27)18-6-4-3-5-7-18/h3-8,12,16,21,28H,9-11,13-15H2,1-2H3,(H,25,27)/t21-,22+/m0/s1. The van der Waals surface area contributed by atoms with Gasteiger partial charge < -0.3 is 20.1 Å². The second kappa shape index (κ2) is 7.76. The number of carbonyl (C=O) groups excluding carboxylic acids is 1. The van der Waals surface area contributed by atoms with E-state index in [1.807, 2.05) is 44.3 Å². The van der Waals surface area contributed by atoms with Crippen molar-refractivity contribution in [2.75, 3.05) is 24.6 Å². The summed E-state index contributed by atoms with van der Waals surface area (Å²) in [5, 5.41) is 14.4. The number of aromatic nitrogens is 1. The first kappa shape index (κ1) is 19.9. The fraction of sp³-hybridized carbons (Fsp3) is 0.478. The van der Waals surface area contributed by atoms with Gasteiger partial charge in [0.05, 0.1) is 11.1 Å². The summed E-state index contributed by atoms with van der Waals surface area (Å²) < 4.78 is 6.17. The van der Waals surface area contributed by atoms with Crippen LogP contribution in [-0.2, 0) is 4.74 Å². The molecule has 2 aliphatic heterocycles. The maximum atomic E-state index is 12.7. The Kier molecular flexibility index (Phi) is 5.32. The summed E-state index contributed by atoms with van der Waals surface area (Å²) in [5.41, 5.74) is 1.39. The molecule has 1 spiro atoms. The number of nitrogens with one attached hydrogen (secondary N) is 1. The molecule has 2 aliphatic rings. The minimum atomic E-state index is -0.766. The van der Waals surface area contributed by atoms with E-state index in [1.165, 1.54) is 0 Å². The van der Waals surface area contributed by atoms with E-state index in [1.54, 1.807) is 12.1 Å². The topological polar surface area (TPSA) is 74.7 Å². The van der Waals surface area contributed by atoms with Gasteiger partial charge in [-0.2, -0.15) is 0 Å². The lowest BCUT2D eigenvalue weighted by atomic mass is 9.73. The van der Waals surface area contributed by atoms with Gasteiger partial charge in [-0.15, -0.1) is 0 Å². The Labute approximate surface area is 171 Å². The number of rotatable bonds is 3. The van der Waals surface area contributed by atoms with Crippen molar-refractivity contribution < 1.29 is 14.6 Å². The highest BCUT2D eigenvalue weighted by Gasteiger charge is 2.53. The van der Waals surface area contributed by atoms with Crippen LogP contribution in [0.5, 0.6) is 0 Å². The number of pyridine rings is 1. The molecular formula is C23H29N3O3. The van der Waals surface area contributed by atoms with Gasteiger partial charge in [-0.25, -0.2) is 0 Å². The zero-order chi connectivity index (χ0) is 20.5. The quantitative estimate of drug-likeness (QED) is 0.836. The van der Waals surface area contributed by atoms with E-state index in [-0.39, 0.29) is 5.91 Å². The van der Waals surface area contributed by atoms with Gasteiger partial charge in [0.15, 0.2) is 0 Å². The first-order chi connectivity index (χ1) is 13.9. The number of piperidine rings is 1. The summed E-state index contributed by atoms with van der Waals surface area (Å²) in [6.07, 6.45) is 3.08. The van der Waals surface area contributed by atoms with Crippen molar-refractivity contribution in [1.29, 1.82) is 0 Å². The molecule has 0 saturated carbocycles. The number of hydrogen-bond acceptors (Lipinski definition) is 5. The lowest BCUT2D eigenvalue weighted by Gasteiger charge is -2.53. The van der Waals surface area contributed by atoms with Crippen LogP contribution in [0.4, 0.5) is 5.69 Å². The molecule has 6 nitrogen and oxygen atoms in total. The van der Waals surface area contributed by atoms with E-state index in [2.05, 4.69) is 21.3 Å². The number of benzene rings is 1. The molecular weight excluding hydrogens is 366 g/mol. The lowest BCUT2D eigenvalue weighted by molar-refractivity contribution is -0.195. The molecule has 2 aromatic rings. The smallest absolute Gasteiger partial charge is 0.251 e. The fourth-order valence-corrected chi connectivity index (χ4v) is 4.60. The lowest BCUT2D eigenvalue weighted by Crippen LogP contribution is -2.69. The maximum Gasteiger partial charge on any atom is 0.251 e. The average Bonchev–Trinajstić information content (AvgIpc) is 2.73. The summed E-state index contributed by atoms with van der Waals surface area (Å²) in [4.78, 5) is 19.3. The summed E-state index contributed by atoms with van der Waals surface area (Å²) in [6, 6.07) is 13.2. The minimum Gasteiger partial charge on any atom is -0.388 e. The Morgan fingerprint density at radius 3 is 2.62 bits per heavy atom. The van der Waals surface area contributed by atoms with Gasteiger partial charge in [-0.1, -0.05) is 18.2 Å². The molecule has 29 heavy (non-hydrogen) atoms. The number of hydrogen-bond donors (Lipinski definition) is 2. The number of ether oxygens (including phenoxy) is 1. The van der Waals surface area contributed by atoms with Crippen LogP contribution in [0.15, 0.2) is 48.7 Å². The fourth-order valence-electron chi connectivity index (χ4n) is 4.60. The Bertz CT molecular complexity index is 865. The molecule has 2 atom stereocenters. The molecule has 2 fully saturated rings. The molecule has 154 valence electrons. The van der Waals surface area contributed by atoms with Crippen LogP contribution < -0.4 is 10.2 Å². The maximum absolute atomic E-state index is 12.7. The highest BCUT2D eigenvalue weighted by Crippen LogP contribution is 2.40. The zero-order valence-corrected chi connectivity index (χ0v) is 17.1. The third kappa shape index (κ3) is 3.87. The summed E-state index contributed by atoms with van der Waals surface area (Å²) in [6.45, 7) is 6.04. The first-order valence-corrected chi connectivity index (χ1v) is 10.3. The molecule has 0 bridgehead atoms. The third-order valence-corrected chi connectivity index (χ3v) is 6.40. The van der Waals surface area contributed by atoms with Crippen molar-refractivity contribution in [3.63, 3.8) is 0 Å². The number of aryl methyl sites for hydroxylation is 1. The summed E-state index contributed by atoms with van der Waals surface area (Å²) >= 11 is 0. The SMILES string of the molecule is Cc1cc(N2CCC3(CC2)OCC[C@@](C)(NC(=O)c2ccccc2)[C@@H]3O)ccn1. The van der Waals surface area contributed by atoms with E-state index < -0.39 is 17.2 Å². The number of amides is 1. The molecule has 4 rings (SSSR count). The van der Waals surface area contributed by atoms with Gasteiger partial charge in [0, 0.05) is 42.8 Å². The van der Waals surface area contributed by atoms with Crippen molar-refractivity contribution in [3.05, 3.63) is 59.9 Å². The normalized spacial score (nSPS) is 26.3. The van der Waals surface area contributed by atoms with Gasteiger partial charge in [0.2, 0.25) is 0 Å². The largest absolute Gasteiger partial charge is 0.388 e. The van der Waals surface area contributed by atoms with Crippen LogP contribution in [0.3, 0.4) is 0 Å². The van der Waals surface area contributed by atoms with E-state index >= 15 is 0 Å². The molecule has 1 aromatic carbocycles. The van der Waals surface area contributed by atoms with Gasteiger partial charge in [0.25, 0.3) is 5.91 Å². The van der Waals surface area contributed by atoms with Crippen LogP contribution in [0.25, 0.3) is 0 Å². The first-order valence-electron chi connectivity index (χ1n) is 10.3. The average molecular weight is 396 g/mol. The van der Waals surface area contributed by atoms with Crippen molar-refractivity contribution in [1.82, 2.24) is 10.3 Å². The second-order valence-electron chi connectivity index (χ2n) is 8.45. The van der Waals surface area contributed by atoms with Gasteiger partial charge in [0.1, 0.15) is 6.10 Å². The Morgan fingerprint density at radius 2 is 1.93 bits per heavy atom. The highest BCUT2D eigenvalue weighted by atomic mass is 16.5. The molecule has 0 aliphatic carbocycles. The Hall–Kier alpha value is -2.44. The molecule has 3 heterocycles. The van der Waals surface area contributed by atoms with Gasteiger partial charge >= 0.3 is 0 Å². The molecule has 6 heteroatoms. The number of anilines is 1. The van der Waals surface area contributed by atoms with Crippen LogP contribution in [0, 0.1) is 6.92 Å². The third-order valence-electron chi connectivity index (χ3n) is 6.40. The van der Waals surface area contributed by atoms with Crippen molar-refractivity contribution >= 4 is 11.6 Å². The predicted molar refractivity (Wildman–Crippen MR) is 112 cm³/mol. The predicted octanol–water partition coefficient (Wildman–Crippen LogP) is 2.70. The number of nitrogens with zero attached hydrogens (tertiary/aromatic N) is 2. The van der Waals surface area contributed by atoms with Gasteiger partial charge in [-0.3, -0.25) is 9.78 Å². The number of aliphatic hydroxyl groups excluding tert-OH is 1. The van der Waals surface area contributed by atoms with E-state index in [0.717, 1.165) is 24.5 Å². The van der Waals surface area contributed by atoms with Crippen LogP contribution >= 0.6 is 0 Å².